The maximum Gasteiger partial charge on any atom is 0.407 e. The summed E-state index contributed by atoms with van der Waals surface area (Å²) in [5, 5.41) is 20.9. The topological polar surface area (TPSA) is 158 Å². The SMILES string of the molecule is COC(=O)N[C@H](C(=O)N[C@@H](Cc1ccccc1)C(O)CN(CC(C)C)NC(=O)[C@@H](NC(=O)OC)C(C)C)C(C)C. The molecule has 40 heavy (non-hydrogen) atoms. The molecule has 1 aromatic carbocycles. The summed E-state index contributed by atoms with van der Waals surface area (Å²) in [6, 6.07) is 6.86. The number of rotatable bonds is 15. The van der Waals surface area contributed by atoms with E-state index in [2.05, 4.69) is 30.8 Å². The molecule has 1 unspecified atom stereocenters. The average molecular weight is 566 g/mol. The normalized spacial score (nSPS) is 14.3. The second kappa shape index (κ2) is 17.3. The molecule has 0 aliphatic heterocycles. The van der Waals surface area contributed by atoms with Gasteiger partial charge in [0, 0.05) is 13.1 Å². The van der Waals surface area contributed by atoms with Crippen molar-refractivity contribution in [3.8, 4) is 0 Å². The quantitative estimate of drug-likeness (QED) is 0.202. The minimum Gasteiger partial charge on any atom is -0.453 e. The summed E-state index contributed by atoms with van der Waals surface area (Å²) in [5.41, 5.74) is 3.70. The van der Waals surface area contributed by atoms with E-state index in [1.54, 1.807) is 32.7 Å². The molecule has 4 atom stereocenters. The molecule has 0 saturated heterocycles. The minimum atomic E-state index is -1.11. The number of aliphatic hydroxyl groups is 1. The van der Waals surface area contributed by atoms with Gasteiger partial charge >= 0.3 is 12.2 Å². The van der Waals surface area contributed by atoms with Crippen molar-refractivity contribution >= 4 is 24.0 Å². The van der Waals surface area contributed by atoms with E-state index in [4.69, 9.17) is 0 Å². The van der Waals surface area contributed by atoms with Gasteiger partial charge in [0.2, 0.25) is 5.91 Å². The maximum absolute atomic E-state index is 13.3. The number of aliphatic hydroxyl groups excluding tert-OH is 1. The molecule has 226 valence electrons. The van der Waals surface area contributed by atoms with Gasteiger partial charge in [-0.2, -0.15) is 0 Å². The van der Waals surface area contributed by atoms with Crippen molar-refractivity contribution in [2.24, 2.45) is 17.8 Å². The van der Waals surface area contributed by atoms with Crippen LogP contribution in [-0.2, 0) is 25.5 Å². The van der Waals surface area contributed by atoms with Crippen LogP contribution in [0, 0.1) is 17.8 Å². The number of hydrogen-bond acceptors (Lipinski definition) is 8. The fourth-order valence-corrected chi connectivity index (χ4v) is 4.05. The zero-order valence-corrected chi connectivity index (χ0v) is 24.9. The summed E-state index contributed by atoms with van der Waals surface area (Å²) in [5.74, 6) is -1.29. The fourth-order valence-electron chi connectivity index (χ4n) is 4.05. The molecule has 12 nitrogen and oxygen atoms in total. The molecule has 0 bridgehead atoms. The molecule has 0 spiro atoms. The number of carbonyl (C=O) groups excluding carboxylic acids is 4. The lowest BCUT2D eigenvalue weighted by Crippen LogP contribution is -2.59. The first-order valence-corrected chi connectivity index (χ1v) is 13.6. The molecule has 0 heterocycles. The molecule has 4 amide bonds. The third-order valence-electron chi connectivity index (χ3n) is 6.17. The molecule has 0 aromatic heterocycles. The molecule has 0 aliphatic carbocycles. The minimum absolute atomic E-state index is 0.0124. The number of alkyl carbamates (subject to hydrolysis) is 2. The summed E-state index contributed by atoms with van der Waals surface area (Å²) in [7, 11) is 2.44. The largest absolute Gasteiger partial charge is 0.453 e. The molecule has 1 aromatic rings. The van der Waals surface area contributed by atoms with Crippen LogP contribution in [-0.4, -0.2) is 85.7 Å². The second-order valence-electron chi connectivity index (χ2n) is 10.9. The average Bonchev–Trinajstić information content (AvgIpc) is 2.89. The summed E-state index contributed by atoms with van der Waals surface area (Å²) < 4.78 is 9.31. The van der Waals surface area contributed by atoms with Crippen LogP contribution in [0.15, 0.2) is 30.3 Å². The molecule has 0 aliphatic rings. The van der Waals surface area contributed by atoms with E-state index in [0.717, 1.165) is 5.56 Å². The molecular formula is C28H47N5O7. The number of nitrogens with zero attached hydrogens (tertiary/aromatic N) is 1. The highest BCUT2D eigenvalue weighted by Gasteiger charge is 2.32. The van der Waals surface area contributed by atoms with Crippen LogP contribution in [0.5, 0.6) is 0 Å². The molecule has 0 radical (unpaired) electrons. The van der Waals surface area contributed by atoms with Crippen molar-refractivity contribution in [1.29, 1.82) is 0 Å². The van der Waals surface area contributed by atoms with Crippen LogP contribution in [0.4, 0.5) is 9.59 Å². The van der Waals surface area contributed by atoms with Crippen LogP contribution in [0.1, 0.15) is 47.1 Å². The Labute approximate surface area is 237 Å². The van der Waals surface area contributed by atoms with E-state index in [1.807, 2.05) is 44.2 Å². The van der Waals surface area contributed by atoms with Crippen LogP contribution in [0.25, 0.3) is 0 Å². The van der Waals surface area contributed by atoms with Gasteiger partial charge in [0.05, 0.1) is 26.4 Å². The maximum atomic E-state index is 13.3. The number of methoxy groups -OCH3 is 2. The Kier molecular flexibility index (Phi) is 15.0. The Morgan fingerprint density at radius 2 is 1.27 bits per heavy atom. The van der Waals surface area contributed by atoms with Crippen LogP contribution in [0.3, 0.4) is 0 Å². The highest BCUT2D eigenvalue weighted by molar-refractivity contribution is 5.86. The number of hydrogen-bond donors (Lipinski definition) is 5. The van der Waals surface area contributed by atoms with Gasteiger partial charge in [0.15, 0.2) is 0 Å². The lowest BCUT2D eigenvalue weighted by atomic mass is 9.98. The third kappa shape index (κ3) is 12.2. The number of amides is 4. The van der Waals surface area contributed by atoms with Crippen LogP contribution in [0.2, 0.25) is 0 Å². The summed E-state index contributed by atoms with van der Waals surface area (Å²) in [6.07, 6.45) is -2.27. The number of ether oxygens (including phenoxy) is 2. The van der Waals surface area contributed by atoms with Gasteiger partial charge in [-0.25, -0.2) is 14.6 Å². The number of carbonyl (C=O) groups is 4. The van der Waals surface area contributed by atoms with Crippen LogP contribution >= 0.6 is 0 Å². The molecule has 12 heteroatoms. The van der Waals surface area contributed by atoms with Gasteiger partial charge in [-0.1, -0.05) is 71.9 Å². The Hall–Kier alpha value is -3.38. The van der Waals surface area contributed by atoms with E-state index in [1.165, 1.54) is 14.2 Å². The highest BCUT2D eigenvalue weighted by atomic mass is 16.5. The molecule has 1 rings (SSSR count). The zero-order chi connectivity index (χ0) is 30.4. The molecular weight excluding hydrogens is 518 g/mol. The second-order valence-corrected chi connectivity index (χ2v) is 10.9. The van der Waals surface area contributed by atoms with Gasteiger partial charge in [0.25, 0.3) is 5.91 Å². The van der Waals surface area contributed by atoms with Crippen LogP contribution < -0.4 is 21.4 Å². The van der Waals surface area contributed by atoms with Gasteiger partial charge in [-0.05, 0) is 29.7 Å². The van der Waals surface area contributed by atoms with Gasteiger partial charge in [-0.3, -0.25) is 15.0 Å². The first kappa shape index (κ1) is 34.6. The van der Waals surface area contributed by atoms with E-state index in [9.17, 15) is 24.3 Å². The number of hydrazine groups is 1. The molecule has 5 N–H and O–H groups in total. The third-order valence-corrected chi connectivity index (χ3v) is 6.17. The Bertz CT molecular complexity index is 942. The lowest BCUT2D eigenvalue weighted by molar-refractivity contribution is -0.131. The van der Waals surface area contributed by atoms with Crippen molar-refractivity contribution in [2.75, 3.05) is 27.3 Å². The molecule has 0 fully saturated rings. The van der Waals surface area contributed by atoms with Crippen molar-refractivity contribution < 1.29 is 33.8 Å². The van der Waals surface area contributed by atoms with Crippen molar-refractivity contribution in [2.45, 2.75) is 72.2 Å². The summed E-state index contributed by atoms with van der Waals surface area (Å²) in [6.45, 7) is 11.5. The summed E-state index contributed by atoms with van der Waals surface area (Å²) in [4.78, 5) is 50.0. The van der Waals surface area contributed by atoms with Crippen molar-refractivity contribution in [3.63, 3.8) is 0 Å². The van der Waals surface area contributed by atoms with E-state index in [0.29, 0.717) is 13.0 Å². The van der Waals surface area contributed by atoms with Gasteiger partial charge < -0.3 is 30.5 Å². The number of nitrogens with one attached hydrogen (secondary N) is 4. The predicted octanol–water partition coefficient (Wildman–Crippen LogP) is 1.83. The van der Waals surface area contributed by atoms with Gasteiger partial charge in [0.1, 0.15) is 12.1 Å². The van der Waals surface area contributed by atoms with E-state index < -0.39 is 48.2 Å². The zero-order valence-electron chi connectivity index (χ0n) is 24.9. The predicted molar refractivity (Wildman–Crippen MR) is 151 cm³/mol. The Morgan fingerprint density at radius 3 is 1.73 bits per heavy atom. The highest BCUT2D eigenvalue weighted by Crippen LogP contribution is 2.11. The van der Waals surface area contributed by atoms with E-state index in [-0.39, 0.29) is 24.3 Å². The standard InChI is InChI=1S/C28H47N5O7/c1-17(2)15-33(32-26(36)24(19(5)6)31-28(38)40-8)16-22(34)21(14-20-12-10-9-11-13-20)29-25(35)23(18(3)4)30-27(37)39-7/h9-13,17-19,21-24,34H,14-16H2,1-8H3,(H,29,35)(H,30,37)(H,31,38)(H,32,36)/t21-,22?,23-,24-/m0/s1. The van der Waals surface area contributed by atoms with Crippen molar-refractivity contribution in [3.05, 3.63) is 35.9 Å². The van der Waals surface area contributed by atoms with Crippen molar-refractivity contribution in [1.82, 2.24) is 26.4 Å². The monoisotopic (exact) mass is 565 g/mol. The fraction of sp³-hybridized carbons (Fsp3) is 0.643. The Balaban J connectivity index is 3.18. The Morgan fingerprint density at radius 1 is 0.775 bits per heavy atom. The summed E-state index contributed by atoms with van der Waals surface area (Å²) >= 11 is 0. The first-order valence-electron chi connectivity index (χ1n) is 13.6. The first-order chi connectivity index (χ1) is 18.8. The lowest BCUT2D eigenvalue weighted by Gasteiger charge is -2.33. The van der Waals surface area contributed by atoms with E-state index >= 15 is 0 Å². The number of benzene rings is 1. The molecule has 0 saturated carbocycles. The smallest absolute Gasteiger partial charge is 0.407 e. The van der Waals surface area contributed by atoms with Gasteiger partial charge in [-0.15, -0.1) is 0 Å².